The number of aliphatic hydroxyl groups excluding tert-OH is 1. The lowest BCUT2D eigenvalue weighted by Gasteiger charge is -2.11. The van der Waals surface area contributed by atoms with Crippen LogP contribution in [0.15, 0.2) is 18.2 Å². The van der Waals surface area contributed by atoms with Gasteiger partial charge in [0.2, 0.25) is 0 Å². The minimum Gasteiger partial charge on any atom is -0.384 e. The summed E-state index contributed by atoms with van der Waals surface area (Å²) in [5, 5.41) is 8.58. The Morgan fingerprint density at radius 2 is 2.19 bits per heavy atom. The van der Waals surface area contributed by atoms with Crippen molar-refractivity contribution in [2.75, 3.05) is 20.7 Å². The molecule has 0 fully saturated rings. The number of benzene rings is 1. The van der Waals surface area contributed by atoms with Crippen molar-refractivity contribution in [2.45, 2.75) is 0 Å². The zero-order valence-corrected chi connectivity index (χ0v) is 9.12. The molecule has 1 N–H and O–H groups in total. The van der Waals surface area contributed by atoms with E-state index in [-0.39, 0.29) is 18.1 Å². The third-order valence-corrected chi connectivity index (χ3v) is 1.92. The summed E-state index contributed by atoms with van der Waals surface area (Å²) < 4.78 is 13.0. The molecule has 0 aliphatic heterocycles. The lowest BCUT2D eigenvalue weighted by atomic mass is 10.1. The summed E-state index contributed by atoms with van der Waals surface area (Å²) in [6.07, 6.45) is 0. The molecule has 0 aliphatic carbocycles. The Kier molecular flexibility index (Phi) is 4.03. The highest BCUT2D eigenvalue weighted by molar-refractivity contribution is 5.96. The Morgan fingerprint density at radius 3 is 2.75 bits per heavy atom. The van der Waals surface area contributed by atoms with Crippen molar-refractivity contribution in [3.8, 4) is 11.8 Å². The summed E-state index contributed by atoms with van der Waals surface area (Å²) in [6, 6.07) is 3.80. The average Bonchev–Trinajstić information content (AvgIpc) is 2.26. The third kappa shape index (κ3) is 2.81. The third-order valence-electron chi connectivity index (χ3n) is 1.92. The maximum absolute atomic E-state index is 13.0. The van der Waals surface area contributed by atoms with Crippen LogP contribution in [0.4, 0.5) is 4.39 Å². The molecule has 0 aliphatic rings. The molecule has 0 saturated carbocycles. The maximum atomic E-state index is 13.0. The summed E-state index contributed by atoms with van der Waals surface area (Å²) in [5.74, 6) is 4.24. The van der Waals surface area contributed by atoms with Gasteiger partial charge >= 0.3 is 0 Å². The van der Waals surface area contributed by atoms with Crippen molar-refractivity contribution in [1.82, 2.24) is 4.90 Å². The molecule has 3 nitrogen and oxygen atoms in total. The van der Waals surface area contributed by atoms with Crippen LogP contribution < -0.4 is 0 Å². The number of hydrogen-bond donors (Lipinski definition) is 1. The quantitative estimate of drug-likeness (QED) is 0.715. The van der Waals surface area contributed by atoms with E-state index in [4.69, 9.17) is 5.11 Å². The number of aliphatic hydroxyl groups is 1. The summed E-state index contributed by atoms with van der Waals surface area (Å²) in [7, 11) is 3.16. The van der Waals surface area contributed by atoms with E-state index in [9.17, 15) is 9.18 Å². The van der Waals surface area contributed by atoms with Crippen LogP contribution in [0, 0.1) is 17.7 Å². The molecule has 0 bridgehead atoms. The zero-order valence-electron chi connectivity index (χ0n) is 9.12. The van der Waals surface area contributed by atoms with Crippen LogP contribution in [-0.4, -0.2) is 36.6 Å². The smallest absolute Gasteiger partial charge is 0.254 e. The Morgan fingerprint density at radius 1 is 1.50 bits per heavy atom. The Balaban J connectivity index is 3.23. The predicted octanol–water partition coefficient (Wildman–Crippen LogP) is 0.871. The number of halogens is 1. The first-order valence-corrected chi connectivity index (χ1v) is 4.67. The molecular formula is C12H12FNO2. The van der Waals surface area contributed by atoms with Gasteiger partial charge in [0.15, 0.2) is 0 Å². The van der Waals surface area contributed by atoms with Crippen molar-refractivity contribution in [1.29, 1.82) is 0 Å². The highest BCUT2D eigenvalue weighted by Gasteiger charge is 2.13. The van der Waals surface area contributed by atoms with E-state index < -0.39 is 5.82 Å². The van der Waals surface area contributed by atoms with Crippen LogP contribution in [0.3, 0.4) is 0 Å². The van der Waals surface area contributed by atoms with Gasteiger partial charge < -0.3 is 10.0 Å². The van der Waals surface area contributed by atoms with Crippen molar-refractivity contribution >= 4 is 5.91 Å². The van der Waals surface area contributed by atoms with E-state index >= 15 is 0 Å². The second-order valence-electron chi connectivity index (χ2n) is 3.35. The number of carbonyl (C=O) groups is 1. The molecule has 0 radical (unpaired) electrons. The number of nitrogens with zero attached hydrogens (tertiary/aromatic N) is 1. The Hall–Kier alpha value is -1.86. The molecule has 0 spiro atoms. The van der Waals surface area contributed by atoms with E-state index in [0.717, 1.165) is 6.07 Å². The molecular weight excluding hydrogens is 209 g/mol. The van der Waals surface area contributed by atoms with Gasteiger partial charge in [-0.15, -0.1) is 0 Å². The second-order valence-corrected chi connectivity index (χ2v) is 3.35. The molecule has 1 aromatic rings. The normalized spacial score (nSPS) is 9.25. The Labute approximate surface area is 93.5 Å². The van der Waals surface area contributed by atoms with E-state index in [2.05, 4.69) is 11.8 Å². The molecule has 0 unspecified atom stereocenters. The van der Waals surface area contributed by atoms with Gasteiger partial charge in [-0.25, -0.2) is 4.39 Å². The number of hydrogen-bond acceptors (Lipinski definition) is 2. The van der Waals surface area contributed by atoms with E-state index in [1.165, 1.54) is 17.0 Å². The average molecular weight is 221 g/mol. The first-order chi connectivity index (χ1) is 7.56. The minimum absolute atomic E-state index is 0.200. The fourth-order valence-electron chi connectivity index (χ4n) is 1.18. The van der Waals surface area contributed by atoms with Crippen molar-refractivity contribution in [3.05, 3.63) is 35.1 Å². The zero-order chi connectivity index (χ0) is 12.1. The van der Waals surface area contributed by atoms with E-state index in [1.54, 1.807) is 14.1 Å². The minimum atomic E-state index is -0.486. The van der Waals surface area contributed by atoms with E-state index in [0.29, 0.717) is 5.56 Å². The first-order valence-electron chi connectivity index (χ1n) is 4.67. The number of carbonyl (C=O) groups excluding carboxylic acids is 1. The first kappa shape index (κ1) is 12.2. The molecule has 1 aromatic carbocycles. The van der Waals surface area contributed by atoms with Crippen LogP contribution >= 0.6 is 0 Å². The van der Waals surface area contributed by atoms with Gasteiger partial charge in [0.05, 0.1) is 5.56 Å². The van der Waals surface area contributed by atoms with Crippen LogP contribution in [0.5, 0.6) is 0 Å². The predicted molar refractivity (Wildman–Crippen MR) is 58.4 cm³/mol. The van der Waals surface area contributed by atoms with Crippen molar-refractivity contribution in [2.24, 2.45) is 0 Å². The van der Waals surface area contributed by atoms with Crippen LogP contribution in [0.25, 0.3) is 0 Å². The van der Waals surface area contributed by atoms with Gasteiger partial charge in [-0.1, -0.05) is 11.8 Å². The fourth-order valence-corrected chi connectivity index (χ4v) is 1.18. The lowest BCUT2D eigenvalue weighted by molar-refractivity contribution is 0.0827. The van der Waals surface area contributed by atoms with Crippen LogP contribution in [0.1, 0.15) is 15.9 Å². The summed E-state index contributed by atoms with van der Waals surface area (Å²) in [5.41, 5.74) is 0.611. The molecule has 16 heavy (non-hydrogen) atoms. The molecule has 1 rings (SSSR count). The standard InChI is InChI=1S/C12H12FNO2/c1-14(2)12(16)11-8-10(13)6-5-9(11)4-3-7-15/h5-6,8,15H,7H2,1-2H3. The molecule has 1 amide bonds. The van der Waals surface area contributed by atoms with Crippen LogP contribution in [-0.2, 0) is 0 Å². The molecule has 0 atom stereocenters. The molecule has 0 aromatic heterocycles. The van der Waals surface area contributed by atoms with Gasteiger partial charge in [0, 0.05) is 19.7 Å². The topological polar surface area (TPSA) is 40.5 Å². The molecule has 4 heteroatoms. The second kappa shape index (κ2) is 5.29. The summed E-state index contributed by atoms with van der Waals surface area (Å²) in [4.78, 5) is 13.1. The van der Waals surface area contributed by atoms with Gasteiger partial charge in [0.25, 0.3) is 5.91 Å². The highest BCUT2D eigenvalue weighted by atomic mass is 19.1. The molecule has 0 saturated heterocycles. The summed E-state index contributed by atoms with van der Waals surface area (Å²) in [6.45, 7) is -0.299. The number of amides is 1. The lowest BCUT2D eigenvalue weighted by Crippen LogP contribution is -2.22. The van der Waals surface area contributed by atoms with Crippen molar-refractivity contribution in [3.63, 3.8) is 0 Å². The maximum Gasteiger partial charge on any atom is 0.254 e. The molecule has 84 valence electrons. The Bertz CT molecular complexity index is 458. The largest absolute Gasteiger partial charge is 0.384 e. The SMILES string of the molecule is CN(C)C(=O)c1cc(F)ccc1C#CCO. The molecule has 0 heterocycles. The monoisotopic (exact) mass is 221 g/mol. The van der Waals surface area contributed by atoms with Gasteiger partial charge in [-0.2, -0.15) is 0 Å². The van der Waals surface area contributed by atoms with Gasteiger partial charge in [0.1, 0.15) is 12.4 Å². The van der Waals surface area contributed by atoms with E-state index in [1.807, 2.05) is 0 Å². The van der Waals surface area contributed by atoms with Crippen LogP contribution in [0.2, 0.25) is 0 Å². The van der Waals surface area contributed by atoms with Crippen molar-refractivity contribution < 1.29 is 14.3 Å². The number of rotatable bonds is 1. The van der Waals surface area contributed by atoms with Gasteiger partial charge in [-0.05, 0) is 18.2 Å². The fraction of sp³-hybridized carbons (Fsp3) is 0.250. The summed E-state index contributed by atoms with van der Waals surface area (Å²) >= 11 is 0. The van der Waals surface area contributed by atoms with Gasteiger partial charge in [-0.3, -0.25) is 4.79 Å². The highest BCUT2D eigenvalue weighted by Crippen LogP contribution is 2.12.